The minimum absolute atomic E-state index is 0.00551. The van der Waals surface area contributed by atoms with Gasteiger partial charge in [0.25, 0.3) is 0 Å². The van der Waals surface area contributed by atoms with Crippen LogP contribution < -0.4 is 16.6 Å². The predicted octanol–water partition coefficient (Wildman–Crippen LogP) is 1.54. The Kier molecular flexibility index (Phi) is 6.97. The van der Waals surface area contributed by atoms with Crippen molar-refractivity contribution in [3.63, 3.8) is 0 Å². The molecule has 0 radical (unpaired) electrons. The Balaban J connectivity index is 2.95. The van der Waals surface area contributed by atoms with Crippen LogP contribution in [0, 0.1) is 6.92 Å². The van der Waals surface area contributed by atoms with Crippen molar-refractivity contribution in [2.45, 2.75) is 20.8 Å². The Morgan fingerprint density at radius 3 is 2.50 bits per heavy atom. The third kappa shape index (κ3) is 5.88. The van der Waals surface area contributed by atoms with Gasteiger partial charge < -0.3 is 10.5 Å². The van der Waals surface area contributed by atoms with E-state index >= 15 is 0 Å². The van der Waals surface area contributed by atoms with Crippen LogP contribution in [-0.4, -0.2) is 29.1 Å². The number of aryl methyl sites for hydroxylation is 1. The fraction of sp³-hybridized carbons (Fsp3) is 0.286. The number of hydrogen-bond donors (Lipinski definition) is 3. The standard InChI is InChI=1S/C14H19N5O2S/c1-4-21-13(20)12(10(3)16-19-14(15)22)18-17-11-7-5-9(2)6-8-11/h5-8,17H,4H2,1-3H3,(H3,15,19,22)/b16-10+,18-12-. The maximum absolute atomic E-state index is 11.9. The molecule has 8 heteroatoms. The van der Waals surface area contributed by atoms with Crippen LogP contribution >= 0.6 is 12.2 Å². The third-order valence-electron chi connectivity index (χ3n) is 2.49. The number of thiocarbonyl (C=S) groups is 1. The molecular weight excluding hydrogens is 302 g/mol. The molecule has 0 amide bonds. The molecule has 0 unspecified atom stereocenters. The highest BCUT2D eigenvalue weighted by atomic mass is 32.1. The number of nitrogens with two attached hydrogens (primary N) is 1. The number of hydrazone groups is 2. The second-order valence-electron chi connectivity index (χ2n) is 4.33. The Hall–Kier alpha value is -2.48. The lowest BCUT2D eigenvalue weighted by Crippen LogP contribution is -2.30. The van der Waals surface area contributed by atoms with E-state index < -0.39 is 5.97 Å². The van der Waals surface area contributed by atoms with Gasteiger partial charge in [0.15, 0.2) is 10.8 Å². The van der Waals surface area contributed by atoms with Crippen LogP contribution in [0.3, 0.4) is 0 Å². The number of nitrogens with zero attached hydrogens (tertiary/aromatic N) is 2. The highest BCUT2D eigenvalue weighted by Gasteiger charge is 2.17. The summed E-state index contributed by atoms with van der Waals surface area (Å²) in [4.78, 5) is 11.9. The van der Waals surface area contributed by atoms with Crippen LogP contribution in [0.25, 0.3) is 0 Å². The molecule has 0 atom stereocenters. The van der Waals surface area contributed by atoms with Gasteiger partial charge >= 0.3 is 5.97 Å². The Morgan fingerprint density at radius 1 is 1.32 bits per heavy atom. The molecule has 0 saturated carbocycles. The number of carbonyl (C=O) groups excluding carboxylic acids is 1. The maximum Gasteiger partial charge on any atom is 0.360 e. The van der Waals surface area contributed by atoms with Crippen molar-refractivity contribution >= 4 is 40.4 Å². The monoisotopic (exact) mass is 321 g/mol. The van der Waals surface area contributed by atoms with E-state index in [1.54, 1.807) is 13.8 Å². The first kappa shape index (κ1) is 17.6. The van der Waals surface area contributed by atoms with Crippen molar-refractivity contribution in [3.05, 3.63) is 29.8 Å². The Labute approximate surface area is 134 Å². The Bertz CT molecular complexity index is 596. The number of esters is 1. The van der Waals surface area contributed by atoms with Gasteiger partial charge in [-0.3, -0.25) is 10.9 Å². The number of ether oxygens (including phenoxy) is 1. The summed E-state index contributed by atoms with van der Waals surface area (Å²) in [7, 11) is 0. The van der Waals surface area contributed by atoms with Crippen molar-refractivity contribution in [1.29, 1.82) is 0 Å². The molecular formula is C14H19N5O2S. The van der Waals surface area contributed by atoms with Gasteiger partial charge in [0.1, 0.15) is 0 Å². The molecule has 1 rings (SSSR count). The van der Waals surface area contributed by atoms with E-state index in [1.165, 1.54) is 0 Å². The smallest absolute Gasteiger partial charge is 0.360 e. The predicted molar refractivity (Wildman–Crippen MR) is 91.9 cm³/mol. The molecule has 0 aromatic heterocycles. The normalized spacial score (nSPS) is 11.8. The van der Waals surface area contributed by atoms with Crippen molar-refractivity contribution in [2.24, 2.45) is 15.9 Å². The SMILES string of the molecule is CCOC(=O)C(=N\Nc1ccc(C)cc1)/C(C)=N/NC(N)=S. The third-order valence-corrected chi connectivity index (χ3v) is 2.58. The van der Waals surface area contributed by atoms with Crippen LogP contribution in [0.2, 0.25) is 0 Å². The summed E-state index contributed by atoms with van der Waals surface area (Å²) in [6, 6.07) is 7.55. The summed E-state index contributed by atoms with van der Waals surface area (Å²) in [6.07, 6.45) is 0. The zero-order valence-electron chi connectivity index (χ0n) is 12.7. The van der Waals surface area contributed by atoms with Crippen LogP contribution in [0.5, 0.6) is 0 Å². The van der Waals surface area contributed by atoms with E-state index in [-0.39, 0.29) is 17.4 Å². The average Bonchev–Trinajstić information content (AvgIpc) is 2.47. The first-order valence-electron chi connectivity index (χ1n) is 6.61. The van der Waals surface area contributed by atoms with Crippen molar-refractivity contribution in [3.8, 4) is 0 Å². The van der Waals surface area contributed by atoms with Crippen LogP contribution in [-0.2, 0) is 9.53 Å². The van der Waals surface area contributed by atoms with Crippen molar-refractivity contribution in [2.75, 3.05) is 12.0 Å². The molecule has 1 aromatic carbocycles. The molecule has 0 saturated heterocycles. The van der Waals surface area contributed by atoms with Crippen molar-refractivity contribution in [1.82, 2.24) is 5.43 Å². The lowest BCUT2D eigenvalue weighted by Gasteiger charge is -2.07. The zero-order valence-corrected chi connectivity index (χ0v) is 13.5. The molecule has 0 heterocycles. The van der Waals surface area contributed by atoms with Gasteiger partial charge in [-0.05, 0) is 45.1 Å². The van der Waals surface area contributed by atoms with Gasteiger partial charge in [0.05, 0.1) is 18.0 Å². The maximum atomic E-state index is 11.9. The zero-order chi connectivity index (χ0) is 16.5. The van der Waals surface area contributed by atoms with Crippen molar-refractivity contribution < 1.29 is 9.53 Å². The number of carbonyl (C=O) groups is 1. The molecule has 0 bridgehead atoms. The van der Waals surface area contributed by atoms with E-state index in [0.717, 1.165) is 11.3 Å². The first-order chi connectivity index (χ1) is 10.4. The van der Waals surface area contributed by atoms with Crippen LogP contribution in [0.15, 0.2) is 34.5 Å². The second-order valence-corrected chi connectivity index (χ2v) is 4.77. The van der Waals surface area contributed by atoms with E-state index in [2.05, 4.69) is 33.3 Å². The molecule has 118 valence electrons. The molecule has 0 fully saturated rings. The average molecular weight is 321 g/mol. The highest BCUT2D eigenvalue weighted by Crippen LogP contribution is 2.08. The van der Waals surface area contributed by atoms with E-state index in [1.807, 2.05) is 31.2 Å². The molecule has 4 N–H and O–H groups in total. The Morgan fingerprint density at radius 2 is 1.95 bits per heavy atom. The van der Waals surface area contributed by atoms with E-state index in [4.69, 9.17) is 10.5 Å². The molecule has 0 aliphatic heterocycles. The fourth-order valence-corrected chi connectivity index (χ4v) is 1.46. The minimum atomic E-state index is -0.590. The summed E-state index contributed by atoms with van der Waals surface area (Å²) >= 11 is 4.66. The van der Waals surface area contributed by atoms with Gasteiger partial charge in [-0.25, -0.2) is 4.79 Å². The second kappa shape index (κ2) is 8.73. The summed E-state index contributed by atoms with van der Waals surface area (Å²) in [5.74, 6) is -0.590. The molecule has 0 spiro atoms. The number of anilines is 1. The van der Waals surface area contributed by atoms with Crippen LogP contribution in [0.4, 0.5) is 5.69 Å². The topological polar surface area (TPSA) is 101 Å². The van der Waals surface area contributed by atoms with Gasteiger partial charge in [-0.2, -0.15) is 10.2 Å². The lowest BCUT2D eigenvalue weighted by atomic mass is 10.2. The van der Waals surface area contributed by atoms with Gasteiger partial charge in [-0.15, -0.1) is 0 Å². The summed E-state index contributed by atoms with van der Waals surface area (Å²) < 4.78 is 4.96. The van der Waals surface area contributed by atoms with Gasteiger partial charge in [0.2, 0.25) is 0 Å². The molecule has 22 heavy (non-hydrogen) atoms. The number of rotatable bonds is 6. The summed E-state index contributed by atoms with van der Waals surface area (Å²) in [5.41, 5.74) is 12.7. The summed E-state index contributed by atoms with van der Waals surface area (Å²) in [5, 5.41) is 7.93. The number of nitrogens with one attached hydrogen (secondary N) is 2. The van der Waals surface area contributed by atoms with Gasteiger partial charge in [0, 0.05) is 0 Å². The van der Waals surface area contributed by atoms with E-state index in [9.17, 15) is 4.79 Å². The molecule has 0 aliphatic rings. The number of hydrogen-bond acceptors (Lipinski definition) is 6. The molecule has 1 aromatic rings. The molecule has 7 nitrogen and oxygen atoms in total. The fourth-order valence-electron chi connectivity index (χ4n) is 1.41. The largest absolute Gasteiger partial charge is 0.461 e. The molecule has 0 aliphatic carbocycles. The number of benzene rings is 1. The highest BCUT2D eigenvalue weighted by molar-refractivity contribution is 7.80. The van der Waals surface area contributed by atoms with E-state index in [0.29, 0.717) is 5.71 Å². The minimum Gasteiger partial charge on any atom is -0.461 e. The lowest BCUT2D eigenvalue weighted by molar-refractivity contribution is -0.134. The van der Waals surface area contributed by atoms with Crippen LogP contribution in [0.1, 0.15) is 19.4 Å². The van der Waals surface area contributed by atoms with Gasteiger partial charge in [-0.1, -0.05) is 17.7 Å². The quantitative estimate of drug-likeness (QED) is 0.318. The summed E-state index contributed by atoms with van der Waals surface area (Å²) in [6.45, 7) is 5.52. The first-order valence-corrected chi connectivity index (χ1v) is 7.02.